The van der Waals surface area contributed by atoms with Crippen LogP contribution in [0.15, 0.2) is 18.3 Å². The Morgan fingerprint density at radius 2 is 2.19 bits per heavy atom. The Morgan fingerprint density at radius 3 is 2.75 bits per heavy atom. The zero-order valence-electron chi connectivity index (χ0n) is 9.06. The summed E-state index contributed by atoms with van der Waals surface area (Å²) in [6.07, 6.45) is 1.82. The van der Waals surface area contributed by atoms with Crippen molar-refractivity contribution >= 4 is 16.6 Å². The lowest BCUT2D eigenvalue weighted by atomic mass is 10.2. The molecule has 0 atom stereocenters. The molecule has 0 radical (unpaired) electrons. The van der Waals surface area contributed by atoms with Gasteiger partial charge in [0.2, 0.25) is 0 Å². The van der Waals surface area contributed by atoms with E-state index in [-0.39, 0.29) is 0 Å². The number of nitrogens with one attached hydrogen (secondary N) is 1. The lowest BCUT2D eigenvalue weighted by Crippen LogP contribution is -2.37. The lowest BCUT2D eigenvalue weighted by Gasteiger charge is -2.25. The van der Waals surface area contributed by atoms with Crippen molar-refractivity contribution in [2.45, 2.75) is 6.54 Å². The number of pyridine rings is 1. The molecule has 0 saturated carbocycles. The second-order valence-electron chi connectivity index (χ2n) is 3.82. The third kappa shape index (κ3) is 3.01. The molecule has 0 amide bonds. The van der Waals surface area contributed by atoms with Crippen LogP contribution in [0.5, 0.6) is 0 Å². The molecule has 1 aromatic rings. The summed E-state index contributed by atoms with van der Waals surface area (Å²) in [4.78, 5) is 6.45. The van der Waals surface area contributed by atoms with Gasteiger partial charge >= 0.3 is 0 Å². The normalized spacial score (nSPS) is 18.6. The Kier molecular flexibility index (Phi) is 3.87. The fourth-order valence-electron chi connectivity index (χ4n) is 1.70. The number of anilines is 1. The molecule has 1 aliphatic heterocycles. The summed E-state index contributed by atoms with van der Waals surface area (Å²) in [6.45, 7) is 2.68. The maximum Gasteiger partial charge on any atom is 0.139 e. The minimum Gasteiger partial charge on any atom is -0.308 e. The van der Waals surface area contributed by atoms with E-state index in [4.69, 9.17) is 5.84 Å². The molecule has 6 heteroatoms. The molecule has 0 aliphatic carbocycles. The van der Waals surface area contributed by atoms with E-state index in [2.05, 4.69) is 15.3 Å². The van der Waals surface area contributed by atoms with Gasteiger partial charge in [0.05, 0.1) is 0 Å². The van der Waals surface area contributed by atoms with Crippen LogP contribution < -0.4 is 11.3 Å². The van der Waals surface area contributed by atoms with Gasteiger partial charge in [-0.1, -0.05) is 6.07 Å². The molecule has 0 aromatic carbocycles. The molecule has 0 unspecified atom stereocenters. The predicted molar refractivity (Wildman–Crippen MR) is 65.2 cm³/mol. The molecule has 3 N–H and O–H groups in total. The van der Waals surface area contributed by atoms with Crippen molar-refractivity contribution in [1.29, 1.82) is 0 Å². The van der Waals surface area contributed by atoms with Gasteiger partial charge in [0, 0.05) is 48.1 Å². The number of aromatic nitrogens is 1. The molecule has 5 nitrogen and oxygen atoms in total. The van der Waals surface area contributed by atoms with Crippen LogP contribution in [-0.2, 0) is 17.3 Å². The maximum atomic E-state index is 11.2. The molecule has 16 heavy (non-hydrogen) atoms. The highest BCUT2D eigenvalue weighted by molar-refractivity contribution is 7.85. The summed E-state index contributed by atoms with van der Waals surface area (Å²) >= 11 is 0. The minimum absolute atomic E-state index is 0.608. The Balaban J connectivity index is 1.90. The van der Waals surface area contributed by atoms with Crippen LogP contribution in [0.2, 0.25) is 0 Å². The van der Waals surface area contributed by atoms with Crippen molar-refractivity contribution in [3.63, 3.8) is 0 Å². The van der Waals surface area contributed by atoms with Crippen molar-refractivity contribution in [3.05, 3.63) is 23.9 Å². The first-order valence-corrected chi connectivity index (χ1v) is 6.75. The molecular formula is C10H16N4OS. The fourth-order valence-corrected chi connectivity index (χ4v) is 2.82. The van der Waals surface area contributed by atoms with Gasteiger partial charge in [0.1, 0.15) is 5.82 Å². The van der Waals surface area contributed by atoms with Crippen LogP contribution >= 0.6 is 0 Å². The molecule has 0 spiro atoms. The summed E-state index contributed by atoms with van der Waals surface area (Å²) in [5, 5.41) is 0. The van der Waals surface area contributed by atoms with Crippen molar-refractivity contribution in [3.8, 4) is 0 Å². The van der Waals surface area contributed by atoms with Crippen molar-refractivity contribution in [1.82, 2.24) is 9.88 Å². The summed E-state index contributed by atoms with van der Waals surface area (Å²) in [7, 11) is -0.608. The van der Waals surface area contributed by atoms with Crippen LogP contribution in [0.4, 0.5) is 5.82 Å². The summed E-state index contributed by atoms with van der Waals surface area (Å²) in [5.74, 6) is 7.49. The van der Waals surface area contributed by atoms with E-state index in [9.17, 15) is 4.21 Å². The summed E-state index contributed by atoms with van der Waals surface area (Å²) < 4.78 is 11.2. The van der Waals surface area contributed by atoms with Gasteiger partial charge in [-0.2, -0.15) is 0 Å². The average Bonchev–Trinajstić information content (AvgIpc) is 2.33. The predicted octanol–water partition coefficient (Wildman–Crippen LogP) is -0.0685. The van der Waals surface area contributed by atoms with E-state index in [1.807, 2.05) is 18.3 Å². The molecule has 0 bridgehead atoms. The summed E-state index contributed by atoms with van der Waals surface area (Å²) in [6, 6.07) is 3.87. The topological polar surface area (TPSA) is 71.2 Å². The highest BCUT2D eigenvalue weighted by atomic mass is 32.2. The van der Waals surface area contributed by atoms with Crippen LogP contribution in [0.25, 0.3) is 0 Å². The van der Waals surface area contributed by atoms with Crippen molar-refractivity contribution in [2.75, 3.05) is 30.0 Å². The molecule has 88 valence electrons. The van der Waals surface area contributed by atoms with Crippen molar-refractivity contribution < 1.29 is 4.21 Å². The molecule has 2 heterocycles. The quantitative estimate of drug-likeness (QED) is 0.572. The highest BCUT2D eigenvalue weighted by Crippen LogP contribution is 2.09. The van der Waals surface area contributed by atoms with Gasteiger partial charge < -0.3 is 5.43 Å². The molecular weight excluding hydrogens is 224 g/mol. The third-order valence-corrected chi connectivity index (χ3v) is 3.93. The molecule has 2 rings (SSSR count). The smallest absolute Gasteiger partial charge is 0.139 e. The zero-order valence-corrected chi connectivity index (χ0v) is 9.87. The number of hydrazine groups is 1. The standard InChI is InChI=1S/C10H16N4OS/c11-13-10-2-1-9(7-12-10)8-14-3-5-16(15)6-4-14/h1-2,7H,3-6,8,11H2,(H,12,13). The van der Waals surface area contributed by atoms with Gasteiger partial charge in [0.25, 0.3) is 0 Å². The number of hydrogen-bond acceptors (Lipinski definition) is 5. The van der Waals surface area contributed by atoms with Gasteiger partial charge in [-0.15, -0.1) is 0 Å². The molecule has 1 aromatic heterocycles. The number of hydrogen-bond donors (Lipinski definition) is 2. The van der Waals surface area contributed by atoms with E-state index in [1.54, 1.807) is 0 Å². The number of nitrogens with two attached hydrogens (primary N) is 1. The average molecular weight is 240 g/mol. The lowest BCUT2D eigenvalue weighted by molar-refractivity contribution is 0.291. The second kappa shape index (κ2) is 5.38. The van der Waals surface area contributed by atoms with Crippen LogP contribution in [0.3, 0.4) is 0 Å². The first kappa shape index (κ1) is 11.5. The Bertz CT molecular complexity index is 358. The van der Waals surface area contributed by atoms with Crippen LogP contribution in [-0.4, -0.2) is 38.7 Å². The largest absolute Gasteiger partial charge is 0.308 e. The van der Waals surface area contributed by atoms with Crippen LogP contribution in [0.1, 0.15) is 5.56 Å². The highest BCUT2D eigenvalue weighted by Gasteiger charge is 2.14. The van der Waals surface area contributed by atoms with Crippen molar-refractivity contribution in [2.24, 2.45) is 5.84 Å². The summed E-state index contributed by atoms with van der Waals surface area (Å²) in [5.41, 5.74) is 3.66. The van der Waals surface area contributed by atoms with Gasteiger partial charge in [-0.05, 0) is 11.6 Å². The minimum atomic E-state index is -0.608. The monoisotopic (exact) mass is 240 g/mol. The van der Waals surface area contributed by atoms with Gasteiger partial charge in [-0.25, -0.2) is 10.8 Å². The van der Waals surface area contributed by atoms with Gasteiger partial charge in [0.15, 0.2) is 0 Å². The first-order chi connectivity index (χ1) is 7.78. The fraction of sp³-hybridized carbons (Fsp3) is 0.500. The Morgan fingerprint density at radius 1 is 1.44 bits per heavy atom. The third-order valence-electron chi connectivity index (χ3n) is 2.65. The maximum absolute atomic E-state index is 11.2. The molecule has 1 saturated heterocycles. The Hall–Kier alpha value is -0.980. The van der Waals surface area contributed by atoms with Gasteiger partial charge in [-0.3, -0.25) is 9.11 Å². The van der Waals surface area contributed by atoms with E-state index in [1.165, 1.54) is 0 Å². The second-order valence-corrected chi connectivity index (χ2v) is 5.52. The number of nitrogen functional groups attached to an aromatic ring is 1. The van der Waals surface area contributed by atoms with E-state index in [0.717, 1.165) is 36.7 Å². The number of nitrogens with zero attached hydrogens (tertiary/aromatic N) is 2. The SMILES string of the molecule is NNc1ccc(CN2CCS(=O)CC2)cn1. The number of rotatable bonds is 3. The van der Waals surface area contributed by atoms with E-state index < -0.39 is 10.8 Å². The Labute approximate surface area is 97.5 Å². The van der Waals surface area contributed by atoms with E-state index >= 15 is 0 Å². The molecule has 1 fully saturated rings. The zero-order chi connectivity index (χ0) is 11.4. The van der Waals surface area contributed by atoms with Crippen LogP contribution in [0, 0.1) is 0 Å². The first-order valence-electron chi connectivity index (χ1n) is 5.27. The molecule has 1 aliphatic rings. The van der Waals surface area contributed by atoms with E-state index in [0.29, 0.717) is 5.82 Å².